The Kier molecular flexibility index (Phi) is 6.63. The highest BCUT2D eigenvalue weighted by molar-refractivity contribution is 7.98. The molecule has 1 aliphatic heterocycles. The van der Waals surface area contributed by atoms with Crippen LogP contribution in [-0.4, -0.2) is 72.5 Å². The van der Waals surface area contributed by atoms with Crippen molar-refractivity contribution in [2.24, 2.45) is 0 Å². The second-order valence-corrected chi connectivity index (χ2v) is 6.83. The van der Waals surface area contributed by atoms with Crippen LogP contribution in [0.1, 0.15) is 27.2 Å². The molecule has 1 N–H and O–H groups in total. The van der Waals surface area contributed by atoms with Crippen LogP contribution < -0.4 is 5.32 Å². The van der Waals surface area contributed by atoms with E-state index in [2.05, 4.69) is 37.2 Å². The molecule has 0 aromatic carbocycles. The minimum absolute atomic E-state index is 0.239. The molecular formula is C14H29N3OS. The first kappa shape index (κ1) is 16.8. The Hall–Kier alpha value is -0.260. The third-order valence-electron chi connectivity index (χ3n) is 4.15. The molecule has 0 aliphatic carbocycles. The molecule has 4 nitrogen and oxygen atoms in total. The minimum Gasteiger partial charge on any atom is -0.341 e. The van der Waals surface area contributed by atoms with E-state index in [4.69, 9.17) is 0 Å². The molecule has 0 aromatic heterocycles. The van der Waals surface area contributed by atoms with E-state index >= 15 is 0 Å². The summed E-state index contributed by atoms with van der Waals surface area (Å²) in [6.07, 6.45) is 3.17. The molecule has 0 aromatic rings. The predicted octanol–water partition coefficient (Wildman–Crippen LogP) is 1.27. The lowest BCUT2D eigenvalue weighted by molar-refractivity contribution is -0.143. The first-order chi connectivity index (χ1) is 8.91. The van der Waals surface area contributed by atoms with Gasteiger partial charge in [-0.3, -0.25) is 9.69 Å². The van der Waals surface area contributed by atoms with E-state index in [0.717, 1.165) is 38.4 Å². The van der Waals surface area contributed by atoms with Crippen molar-refractivity contribution in [1.82, 2.24) is 15.1 Å². The first-order valence-corrected chi connectivity index (χ1v) is 8.52. The molecule has 0 spiro atoms. The van der Waals surface area contributed by atoms with E-state index in [1.54, 1.807) is 0 Å². The van der Waals surface area contributed by atoms with Gasteiger partial charge in [0.1, 0.15) is 0 Å². The van der Waals surface area contributed by atoms with Gasteiger partial charge in [0.15, 0.2) is 0 Å². The maximum atomic E-state index is 12.7. The number of hydrogen-bond acceptors (Lipinski definition) is 4. The molecule has 1 saturated heterocycles. The van der Waals surface area contributed by atoms with E-state index < -0.39 is 5.54 Å². The predicted molar refractivity (Wildman–Crippen MR) is 83.8 cm³/mol. The summed E-state index contributed by atoms with van der Waals surface area (Å²) in [6.45, 7) is 10.1. The minimum atomic E-state index is -0.398. The number of carbonyl (C=O) groups is 1. The molecule has 1 heterocycles. The van der Waals surface area contributed by atoms with Crippen molar-refractivity contribution in [3.63, 3.8) is 0 Å². The van der Waals surface area contributed by atoms with Gasteiger partial charge in [0, 0.05) is 39.3 Å². The molecule has 19 heavy (non-hydrogen) atoms. The number of thioether (sulfide) groups is 1. The van der Waals surface area contributed by atoms with Crippen molar-refractivity contribution in [3.8, 4) is 0 Å². The SMILES string of the molecule is CSCCC(C)N(C)C(=O)C(C)(C)N1CCNCC1. The molecule has 0 radical (unpaired) electrons. The van der Waals surface area contributed by atoms with Crippen molar-refractivity contribution in [3.05, 3.63) is 0 Å². The smallest absolute Gasteiger partial charge is 0.242 e. The Morgan fingerprint density at radius 2 is 2.00 bits per heavy atom. The molecule has 1 fully saturated rings. The van der Waals surface area contributed by atoms with Crippen LogP contribution in [-0.2, 0) is 4.79 Å². The fourth-order valence-corrected chi connectivity index (χ4v) is 3.05. The van der Waals surface area contributed by atoms with E-state index in [1.807, 2.05) is 23.7 Å². The second-order valence-electron chi connectivity index (χ2n) is 5.84. The normalized spacial score (nSPS) is 19.2. The van der Waals surface area contributed by atoms with Crippen LogP contribution >= 0.6 is 11.8 Å². The van der Waals surface area contributed by atoms with Gasteiger partial charge in [0.2, 0.25) is 5.91 Å². The van der Waals surface area contributed by atoms with Gasteiger partial charge in [0.25, 0.3) is 0 Å². The van der Waals surface area contributed by atoms with Crippen LogP contribution in [0.5, 0.6) is 0 Å². The molecule has 1 atom stereocenters. The Labute approximate surface area is 122 Å². The Bertz CT molecular complexity index is 290. The van der Waals surface area contributed by atoms with Gasteiger partial charge < -0.3 is 10.2 Å². The van der Waals surface area contributed by atoms with Gasteiger partial charge in [-0.05, 0) is 39.2 Å². The van der Waals surface area contributed by atoms with Gasteiger partial charge in [-0.25, -0.2) is 0 Å². The van der Waals surface area contributed by atoms with Crippen LogP contribution in [0.3, 0.4) is 0 Å². The largest absolute Gasteiger partial charge is 0.341 e. The number of likely N-dealkylation sites (N-methyl/N-ethyl adjacent to an activating group) is 1. The van der Waals surface area contributed by atoms with E-state index in [0.29, 0.717) is 6.04 Å². The monoisotopic (exact) mass is 287 g/mol. The first-order valence-electron chi connectivity index (χ1n) is 7.13. The number of carbonyl (C=O) groups excluding carboxylic acids is 1. The molecule has 5 heteroatoms. The van der Waals surface area contributed by atoms with Crippen molar-refractivity contribution in [1.29, 1.82) is 0 Å². The number of nitrogens with one attached hydrogen (secondary N) is 1. The van der Waals surface area contributed by atoms with Crippen LogP contribution in [0.25, 0.3) is 0 Å². The average molecular weight is 287 g/mol. The number of amides is 1. The molecular weight excluding hydrogens is 258 g/mol. The van der Waals surface area contributed by atoms with Gasteiger partial charge in [-0.2, -0.15) is 11.8 Å². The van der Waals surface area contributed by atoms with E-state index in [-0.39, 0.29) is 5.91 Å². The fraction of sp³-hybridized carbons (Fsp3) is 0.929. The standard InChI is InChI=1S/C14H29N3OS/c1-12(6-11-19-5)16(4)13(18)14(2,3)17-9-7-15-8-10-17/h12,15H,6-11H2,1-5H3. The summed E-state index contributed by atoms with van der Waals surface area (Å²) in [5.74, 6) is 1.34. The lowest BCUT2D eigenvalue weighted by Crippen LogP contribution is -2.61. The fourth-order valence-electron chi connectivity index (χ4n) is 2.47. The van der Waals surface area contributed by atoms with E-state index in [9.17, 15) is 4.79 Å². The second kappa shape index (κ2) is 7.50. The van der Waals surface area contributed by atoms with Crippen LogP contribution in [0, 0.1) is 0 Å². The third-order valence-corrected chi connectivity index (χ3v) is 4.80. The third kappa shape index (κ3) is 4.36. The van der Waals surface area contributed by atoms with Crippen LogP contribution in [0.4, 0.5) is 0 Å². The summed E-state index contributed by atoms with van der Waals surface area (Å²) in [7, 11) is 1.94. The summed E-state index contributed by atoms with van der Waals surface area (Å²) in [5, 5.41) is 3.34. The Morgan fingerprint density at radius 1 is 1.42 bits per heavy atom. The number of rotatable bonds is 6. The van der Waals surface area contributed by atoms with Gasteiger partial charge in [-0.1, -0.05) is 0 Å². The highest BCUT2D eigenvalue weighted by atomic mass is 32.2. The lowest BCUT2D eigenvalue weighted by atomic mass is 9.98. The Balaban J connectivity index is 2.62. The van der Waals surface area contributed by atoms with Gasteiger partial charge >= 0.3 is 0 Å². The molecule has 1 rings (SSSR count). The zero-order valence-electron chi connectivity index (χ0n) is 13.0. The van der Waals surface area contributed by atoms with Crippen molar-refractivity contribution < 1.29 is 4.79 Å². The molecule has 0 bridgehead atoms. The molecule has 112 valence electrons. The van der Waals surface area contributed by atoms with Gasteiger partial charge in [-0.15, -0.1) is 0 Å². The maximum Gasteiger partial charge on any atom is 0.242 e. The summed E-state index contributed by atoms with van der Waals surface area (Å²) < 4.78 is 0. The summed E-state index contributed by atoms with van der Waals surface area (Å²) >= 11 is 1.84. The number of hydrogen-bond donors (Lipinski definition) is 1. The highest BCUT2D eigenvalue weighted by Gasteiger charge is 2.38. The Morgan fingerprint density at radius 3 is 2.53 bits per heavy atom. The summed E-state index contributed by atoms with van der Waals surface area (Å²) in [4.78, 5) is 16.9. The molecule has 1 aliphatic rings. The highest BCUT2D eigenvalue weighted by Crippen LogP contribution is 2.20. The van der Waals surface area contributed by atoms with Crippen molar-refractivity contribution >= 4 is 17.7 Å². The maximum absolute atomic E-state index is 12.7. The van der Waals surface area contributed by atoms with Crippen molar-refractivity contribution in [2.45, 2.75) is 38.8 Å². The van der Waals surface area contributed by atoms with E-state index in [1.165, 1.54) is 0 Å². The van der Waals surface area contributed by atoms with Crippen LogP contribution in [0.2, 0.25) is 0 Å². The van der Waals surface area contributed by atoms with Gasteiger partial charge in [0.05, 0.1) is 5.54 Å². The number of piperazine rings is 1. The summed E-state index contributed by atoms with van der Waals surface area (Å²) in [5.41, 5.74) is -0.398. The summed E-state index contributed by atoms with van der Waals surface area (Å²) in [6, 6.07) is 0.308. The quantitative estimate of drug-likeness (QED) is 0.798. The molecule has 1 unspecified atom stereocenters. The molecule has 1 amide bonds. The van der Waals surface area contributed by atoms with Crippen LogP contribution in [0.15, 0.2) is 0 Å². The lowest BCUT2D eigenvalue weighted by Gasteiger charge is -2.43. The topological polar surface area (TPSA) is 35.6 Å². The van der Waals surface area contributed by atoms with Crippen molar-refractivity contribution in [2.75, 3.05) is 45.2 Å². The zero-order valence-corrected chi connectivity index (χ0v) is 13.8. The molecule has 0 saturated carbocycles. The zero-order chi connectivity index (χ0) is 14.5. The average Bonchev–Trinajstić information content (AvgIpc) is 2.43. The number of nitrogens with zero attached hydrogens (tertiary/aromatic N) is 2.